The third kappa shape index (κ3) is 4.97. The predicted molar refractivity (Wildman–Crippen MR) is 116 cm³/mol. The van der Waals surface area contributed by atoms with Crippen molar-refractivity contribution in [1.82, 2.24) is 4.90 Å². The zero-order chi connectivity index (χ0) is 20.3. The molecule has 0 N–H and O–H groups in total. The summed E-state index contributed by atoms with van der Waals surface area (Å²) in [4.78, 5) is 26.0. The molecule has 0 fully saturated rings. The van der Waals surface area contributed by atoms with Gasteiger partial charge in [0.05, 0.1) is 5.75 Å². The van der Waals surface area contributed by atoms with Gasteiger partial charge in [-0.15, -0.1) is 11.8 Å². The minimum atomic E-state index is -0.363. The van der Waals surface area contributed by atoms with Gasteiger partial charge in [0.25, 0.3) is 0 Å². The number of aryl methyl sites for hydroxylation is 2. The standard InChI is InChI=1S/C22H22ClNO3S/c1-14-8-19-17(10-22(26)27-20(19)9-15(14)2)12-28-13-21(25)24(3)11-16-4-6-18(23)7-5-16/h4-10H,11-13H2,1-3H3. The van der Waals surface area contributed by atoms with Gasteiger partial charge in [0.1, 0.15) is 5.58 Å². The van der Waals surface area contributed by atoms with Crippen molar-refractivity contribution >= 4 is 40.2 Å². The molecule has 4 nitrogen and oxygen atoms in total. The molecule has 1 aromatic heterocycles. The van der Waals surface area contributed by atoms with Crippen LogP contribution in [0.4, 0.5) is 0 Å². The number of thioether (sulfide) groups is 1. The Balaban J connectivity index is 1.64. The smallest absolute Gasteiger partial charge is 0.336 e. The molecular weight excluding hydrogens is 394 g/mol. The van der Waals surface area contributed by atoms with Gasteiger partial charge in [-0.3, -0.25) is 4.79 Å². The molecule has 0 atom stereocenters. The summed E-state index contributed by atoms with van der Waals surface area (Å²) < 4.78 is 5.33. The second-order valence-corrected chi connectivity index (χ2v) is 8.31. The third-order valence-corrected chi connectivity index (χ3v) is 5.90. The minimum absolute atomic E-state index is 0.0410. The molecule has 1 amide bonds. The van der Waals surface area contributed by atoms with Crippen LogP contribution in [-0.2, 0) is 17.1 Å². The van der Waals surface area contributed by atoms with Crippen LogP contribution in [0.1, 0.15) is 22.3 Å². The van der Waals surface area contributed by atoms with E-state index in [2.05, 4.69) is 0 Å². The van der Waals surface area contributed by atoms with Gasteiger partial charge in [0.2, 0.25) is 5.91 Å². The average Bonchev–Trinajstić information content (AvgIpc) is 2.65. The fraction of sp³-hybridized carbons (Fsp3) is 0.273. The van der Waals surface area contributed by atoms with Gasteiger partial charge in [0.15, 0.2) is 0 Å². The summed E-state index contributed by atoms with van der Waals surface area (Å²) in [5, 5.41) is 1.61. The summed E-state index contributed by atoms with van der Waals surface area (Å²) in [6.45, 7) is 4.56. The van der Waals surface area contributed by atoms with Crippen LogP contribution in [0.15, 0.2) is 51.7 Å². The van der Waals surface area contributed by atoms with Crippen LogP contribution < -0.4 is 5.63 Å². The van der Waals surface area contributed by atoms with Crippen molar-refractivity contribution in [3.05, 3.63) is 80.2 Å². The van der Waals surface area contributed by atoms with E-state index in [0.29, 0.717) is 28.7 Å². The van der Waals surface area contributed by atoms with Gasteiger partial charge >= 0.3 is 5.63 Å². The number of carbonyl (C=O) groups excluding carboxylic acids is 1. The van der Waals surface area contributed by atoms with E-state index in [1.807, 2.05) is 50.2 Å². The van der Waals surface area contributed by atoms with Gasteiger partial charge in [-0.2, -0.15) is 0 Å². The van der Waals surface area contributed by atoms with Crippen molar-refractivity contribution in [3.63, 3.8) is 0 Å². The Bertz CT molecular complexity index is 1060. The molecule has 2 aromatic carbocycles. The summed E-state index contributed by atoms with van der Waals surface area (Å²) in [7, 11) is 1.79. The predicted octanol–water partition coefficient (Wildman–Crippen LogP) is 4.96. The lowest BCUT2D eigenvalue weighted by molar-refractivity contribution is -0.127. The maximum absolute atomic E-state index is 12.4. The van der Waals surface area contributed by atoms with E-state index in [0.717, 1.165) is 27.6 Å². The van der Waals surface area contributed by atoms with Crippen molar-refractivity contribution in [3.8, 4) is 0 Å². The molecule has 0 aliphatic rings. The fourth-order valence-corrected chi connectivity index (χ4v) is 3.99. The van der Waals surface area contributed by atoms with Gasteiger partial charge in [-0.25, -0.2) is 4.79 Å². The molecule has 0 saturated carbocycles. The molecular formula is C22H22ClNO3S. The summed E-state index contributed by atoms with van der Waals surface area (Å²) in [6, 6.07) is 12.9. The maximum atomic E-state index is 12.4. The van der Waals surface area contributed by atoms with Crippen LogP contribution in [0.3, 0.4) is 0 Å². The number of hydrogen-bond acceptors (Lipinski definition) is 4. The minimum Gasteiger partial charge on any atom is -0.423 e. The number of rotatable bonds is 6. The highest BCUT2D eigenvalue weighted by atomic mass is 35.5. The first-order chi connectivity index (χ1) is 13.3. The molecule has 146 valence electrons. The van der Waals surface area contributed by atoms with Crippen molar-refractivity contribution < 1.29 is 9.21 Å². The van der Waals surface area contributed by atoms with E-state index >= 15 is 0 Å². The zero-order valence-electron chi connectivity index (χ0n) is 16.1. The quantitative estimate of drug-likeness (QED) is 0.534. The van der Waals surface area contributed by atoms with Crippen molar-refractivity contribution in [1.29, 1.82) is 0 Å². The molecule has 0 unspecified atom stereocenters. The number of benzene rings is 2. The van der Waals surface area contributed by atoms with E-state index < -0.39 is 0 Å². The summed E-state index contributed by atoms with van der Waals surface area (Å²) in [5.41, 5.74) is 4.39. The third-order valence-electron chi connectivity index (χ3n) is 4.69. The average molecular weight is 416 g/mol. The maximum Gasteiger partial charge on any atom is 0.336 e. The van der Waals surface area contributed by atoms with Gasteiger partial charge in [-0.05, 0) is 60.4 Å². The van der Waals surface area contributed by atoms with Gasteiger partial charge in [0, 0.05) is 35.8 Å². The van der Waals surface area contributed by atoms with Crippen LogP contribution in [0.5, 0.6) is 0 Å². The number of halogens is 1. The Morgan fingerprint density at radius 1 is 1.11 bits per heavy atom. The number of carbonyl (C=O) groups is 1. The summed E-state index contributed by atoms with van der Waals surface area (Å²) in [5.74, 6) is 0.959. The Kier molecular flexibility index (Phi) is 6.47. The van der Waals surface area contributed by atoms with Crippen LogP contribution in [0.2, 0.25) is 5.02 Å². The fourth-order valence-electron chi connectivity index (χ4n) is 2.91. The van der Waals surface area contributed by atoms with Crippen molar-refractivity contribution in [2.45, 2.75) is 26.1 Å². The molecule has 0 aliphatic carbocycles. The molecule has 3 rings (SSSR count). The van der Waals surface area contributed by atoms with E-state index in [1.54, 1.807) is 11.9 Å². The molecule has 1 heterocycles. The van der Waals surface area contributed by atoms with E-state index in [4.69, 9.17) is 16.0 Å². The van der Waals surface area contributed by atoms with Gasteiger partial charge < -0.3 is 9.32 Å². The SMILES string of the molecule is Cc1cc2oc(=O)cc(CSCC(=O)N(C)Cc3ccc(Cl)cc3)c2cc1C. The number of fused-ring (bicyclic) bond motifs is 1. The largest absolute Gasteiger partial charge is 0.423 e. The van der Waals surface area contributed by atoms with Crippen LogP contribution in [0, 0.1) is 13.8 Å². The first kappa shape index (κ1) is 20.5. The highest BCUT2D eigenvalue weighted by molar-refractivity contribution is 7.99. The Hall–Kier alpha value is -2.24. The first-order valence-electron chi connectivity index (χ1n) is 8.93. The topological polar surface area (TPSA) is 50.5 Å². The zero-order valence-corrected chi connectivity index (χ0v) is 17.7. The molecule has 28 heavy (non-hydrogen) atoms. The monoisotopic (exact) mass is 415 g/mol. The van der Waals surface area contributed by atoms with Crippen LogP contribution in [-0.4, -0.2) is 23.6 Å². The van der Waals surface area contributed by atoms with Gasteiger partial charge in [-0.1, -0.05) is 23.7 Å². The first-order valence-corrected chi connectivity index (χ1v) is 10.5. The lowest BCUT2D eigenvalue weighted by atomic mass is 10.0. The van der Waals surface area contributed by atoms with E-state index in [1.165, 1.54) is 17.8 Å². The molecule has 0 saturated heterocycles. The number of amides is 1. The Morgan fingerprint density at radius 2 is 1.79 bits per heavy atom. The normalized spacial score (nSPS) is 11.0. The summed E-state index contributed by atoms with van der Waals surface area (Å²) in [6.07, 6.45) is 0. The van der Waals surface area contributed by atoms with E-state index in [9.17, 15) is 9.59 Å². The number of nitrogens with zero attached hydrogens (tertiary/aromatic N) is 1. The highest BCUT2D eigenvalue weighted by Crippen LogP contribution is 2.24. The Morgan fingerprint density at radius 3 is 2.50 bits per heavy atom. The molecule has 0 radical (unpaired) electrons. The molecule has 6 heteroatoms. The highest BCUT2D eigenvalue weighted by Gasteiger charge is 2.12. The lowest BCUT2D eigenvalue weighted by Gasteiger charge is -2.17. The molecule has 3 aromatic rings. The Labute approximate surface area is 173 Å². The molecule has 0 aliphatic heterocycles. The molecule has 0 spiro atoms. The lowest BCUT2D eigenvalue weighted by Crippen LogP contribution is -2.27. The van der Waals surface area contributed by atoms with Crippen molar-refractivity contribution in [2.24, 2.45) is 0 Å². The van der Waals surface area contributed by atoms with Crippen molar-refractivity contribution in [2.75, 3.05) is 12.8 Å². The second kappa shape index (κ2) is 8.84. The summed E-state index contributed by atoms with van der Waals surface area (Å²) >= 11 is 7.39. The second-order valence-electron chi connectivity index (χ2n) is 6.89. The van der Waals surface area contributed by atoms with Crippen LogP contribution in [0.25, 0.3) is 11.0 Å². The van der Waals surface area contributed by atoms with E-state index in [-0.39, 0.29) is 11.5 Å². The molecule has 0 bridgehead atoms. The van der Waals surface area contributed by atoms with Crippen LogP contribution >= 0.6 is 23.4 Å². The number of hydrogen-bond donors (Lipinski definition) is 0.